The number of para-hydroxylation sites is 2. The first-order chi connectivity index (χ1) is 15.4. The predicted octanol–water partition coefficient (Wildman–Crippen LogP) is 6.41. The second-order valence-corrected chi connectivity index (χ2v) is 8.33. The Hall–Kier alpha value is -3.35. The molecule has 32 heavy (non-hydrogen) atoms. The van der Waals surface area contributed by atoms with E-state index < -0.39 is 6.04 Å². The third-order valence-corrected chi connectivity index (χ3v) is 6.00. The second-order valence-electron chi connectivity index (χ2n) is 7.49. The number of hydrogen-bond acceptors (Lipinski definition) is 3. The number of anilines is 2. The highest BCUT2D eigenvalue weighted by Gasteiger charge is 2.35. The zero-order chi connectivity index (χ0) is 22.4. The van der Waals surface area contributed by atoms with Crippen molar-refractivity contribution in [1.82, 2.24) is 9.55 Å². The van der Waals surface area contributed by atoms with Gasteiger partial charge in [-0.1, -0.05) is 41.4 Å². The fourth-order valence-electron chi connectivity index (χ4n) is 4.01. The van der Waals surface area contributed by atoms with E-state index in [1.54, 1.807) is 12.1 Å². The minimum absolute atomic E-state index is 0.332. The van der Waals surface area contributed by atoms with Gasteiger partial charge < -0.3 is 10.6 Å². The van der Waals surface area contributed by atoms with Crippen molar-refractivity contribution in [2.75, 3.05) is 10.6 Å². The average molecular weight is 467 g/mol. The normalized spacial score (nSPS) is 15.4. The van der Waals surface area contributed by atoms with E-state index in [2.05, 4.69) is 15.6 Å². The van der Waals surface area contributed by atoms with Gasteiger partial charge in [0.15, 0.2) is 0 Å². The lowest BCUT2D eigenvalue weighted by Gasteiger charge is -2.31. The van der Waals surface area contributed by atoms with Crippen molar-refractivity contribution in [3.05, 3.63) is 99.4 Å². The van der Waals surface area contributed by atoms with Gasteiger partial charge in [-0.3, -0.25) is 9.36 Å². The number of fused-ring (bicyclic) bond motifs is 3. The van der Waals surface area contributed by atoms with Crippen LogP contribution in [-0.2, 0) is 4.79 Å². The van der Waals surface area contributed by atoms with Crippen LogP contribution >= 0.6 is 23.2 Å². The van der Waals surface area contributed by atoms with E-state index in [4.69, 9.17) is 23.2 Å². The Balaban J connectivity index is 1.68. The molecular weight excluding hydrogens is 450 g/mol. The summed E-state index contributed by atoms with van der Waals surface area (Å²) < 4.78 is 15.3. The third kappa shape index (κ3) is 3.51. The number of amides is 1. The highest BCUT2D eigenvalue weighted by atomic mass is 35.5. The molecule has 4 aromatic rings. The van der Waals surface area contributed by atoms with E-state index in [9.17, 15) is 9.18 Å². The lowest BCUT2D eigenvalue weighted by Crippen LogP contribution is -2.31. The van der Waals surface area contributed by atoms with Crippen molar-refractivity contribution in [3.8, 4) is 0 Å². The Bertz CT molecular complexity index is 1400. The molecular formula is C24H17Cl2FN4O. The summed E-state index contributed by atoms with van der Waals surface area (Å²) in [6.45, 7) is 1.82. The summed E-state index contributed by atoms with van der Waals surface area (Å²) in [6.07, 6.45) is 0. The van der Waals surface area contributed by atoms with E-state index in [0.29, 0.717) is 38.5 Å². The minimum Gasteiger partial charge on any atom is -0.329 e. The van der Waals surface area contributed by atoms with Crippen LogP contribution < -0.4 is 10.6 Å². The number of carbonyl (C=O) groups excluding carboxylic acids is 1. The molecule has 1 amide bonds. The smallest absolute Gasteiger partial charge is 0.255 e. The van der Waals surface area contributed by atoms with Crippen LogP contribution in [0.4, 0.5) is 16.0 Å². The summed E-state index contributed by atoms with van der Waals surface area (Å²) in [4.78, 5) is 18.2. The van der Waals surface area contributed by atoms with Crippen LogP contribution in [0.5, 0.6) is 0 Å². The van der Waals surface area contributed by atoms with Crippen LogP contribution in [0.1, 0.15) is 18.5 Å². The predicted molar refractivity (Wildman–Crippen MR) is 126 cm³/mol. The van der Waals surface area contributed by atoms with Gasteiger partial charge in [-0.05, 0) is 61.0 Å². The number of halogens is 3. The Morgan fingerprint density at radius 1 is 1.09 bits per heavy atom. The number of hydrogen-bond donors (Lipinski definition) is 2. The zero-order valence-electron chi connectivity index (χ0n) is 16.9. The fraction of sp³-hybridized carbons (Fsp3) is 0.0833. The van der Waals surface area contributed by atoms with Crippen molar-refractivity contribution in [2.45, 2.75) is 13.0 Å². The Kier molecular flexibility index (Phi) is 5.12. The van der Waals surface area contributed by atoms with Gasteiger partial charge in [-0.25, -0.2) is 9.37 Å². The van der Waals surface area contributed by atoms with Crippen molar-refractivity contribution < 1.29 is 9.18 Å². The van der Waals surface area contributed by atoms with Gasteiger partial charge in [0.25, 0.3) is 5.91 Å². The van der Waals surface area contributed by atoms with Gasteiger partial charge >= 0.3 is 0 Å². The molecule has 3 aromatic carbocycles. The van der Waals surface area contributed by atoms with E-state index in [1.165, 1.54) is 24.3 Å². The molecule has 0 unspecified atom stereocenters. The maximum absolute atomic E-state index is 13.5. The molecule has 160 valence electrons. The number of rotatable bonds is 3. The maximum Gasteiger partial charge on any atom is 0.255 e. The quantitative estimate of drug-likeness (QED) is 0.366. The average Bonchev–Trinajstić information content (AvgIpc) is 3.12. The molecule has 0 radical (unpaired) electrons. The van der Waals surface area contributed by atoms with E-state index in [-0.39, 0.29) is 11.7 Å². The number of nitrogens with one attached hydrogen (secondary N) is 2. The molecule has 0 aliphatic carbocycles. The van der Waals surface area contributed by atoms with Crippen LogP contribution in [0.3, 0.4) is 0 Å². The summed E-state index contributed by atoms with van der Waals surface area (Å²) in [7, 11) is 0. The van der Waals surface area contributed by atoms with Gasteiger partial charge in [-0.2, -0.15) is 0 Å². The molecule has 2 heterocycles. The zero-order valence-corrected chi connectivity index (χ0v) is 18.4. The van der Waals surface area contributed by atoms with Crippen molar-refractivity contribution >= 4 is 51.8 Å². The van der Waals surface area contributed by atoms with Gasteiger partial charge in [0, 0.05) is 21.4 Å². The van der Waals surface area contributed by atoms with Crippen LogP contribution in [0.25, 0.3) is 11.0 Å². The van der Waals surface area contributed by atoms with Crippen molar-refractivity contribution in [1.29, 1.82) is 0 Å². The SMILES string of the molecule is CC1=C(C(=O)Nc2ccc(F)cc2)[C@H](c2ccc(Cl)cc2Cl)n2c(nc3ccccc32)N1. The lowest BCUT2D eigenvalue weighted by molar-refractivity contribution is -0.113. The van der Waals surface area contributed by atoms with Crippen molar-refractivity contribution in [2.24, 2.45) is 0 Å². The third-order valence-electron chi connectivity index (χ3n) is 5.43. The molecule has 1 aliphatic rings. The van der Waals surface area contributed by atoms with Crippen LogP contribution in [0.15, 0.2) is 78.0 Å². The molecule has 1 aliphatic heterocycles. The molecule has 1 aromatic heterocycles. The second kappa shape index (κ2) is 7.97. The maximum atomic E-state index is 13.5. The van der Waals surface area contributed by atoms with E-state index in [1.807, 2.05) is 41.8 Å². The van der Waals surface area contributed by atoms with E-state index >= 15 is 0 Å². The number of carbonyl (C=O) groups is 1. The van der Waals surface area contributed by atoms with Crippen LogP contribution in [-0.4, -0.2) is 15.5 Å². The summed E-state index contributed by atoms with van der Waals surface area (Å²) in [5, 5.41) is 7.05. The highest BCUT2D eigenvalue weighted by molar-refractivity contribution is 6.35. The van der Waals surface area contributed by atoms with Gasteiger partial charge in [-0.15, -0.1) is 0 Å². The Labute approximate surface area is 193 Å². The van der Waals surface area contributed by atoms with Crippen LogP contribution in [0, 0.1) is 5.82 Å². The van der Waals surface area contributed by atoms with Crippen molar-refractivity contribution in [3.63, 3.8) is 0 Å². The van der Waals surface area contributed by atoms with Gasteiger partial charge in [0.2, 0.25) is 5.95 Å². The first-order valence-electron chi connectivity index (χ1n) is 9.89. The standard InChI is InChI=1S/C24H17Cl2FN4O/c1-13-21(23(32)29-16-9-7-15(27)8-10-16)22(17-11-6-14(25)12-18(17)26)31-20-5-3-2-4-19(20)30-24(31)28-13/h2-12,22H,1H3,(H,28,30)(H,29,32)/t22-/m0/s1. The monoisotopic (exact) mass is 466 g/mol. The topological polar surface area (TPSA) is 59.0 Å². The molecule has 8 heteroatoms. The van der Waals surface area contributed by atoms with Gasteiger partial charge in [0.05, 0.1) is 22.6 Å². The molecule has 0 fully saturated rings. The number of imidazole rings is 1. The largest absolute Gasteiger partial charge is 0.329 e. The molecule has 2 N–H and O–H groups in total. The first kappa shape index (κ1) is 20.5. The molecule has 5 nitrogen and oxygen atoms in total. The summed E-state index contributed by atoms with van der Waals surface area (Å²) in [6, 6.07) is 18.0. The number of allylic oxidation sites excluding steroid dienone is 1. The Morgan fingerprint density at radius 3 is 2.59 bits per heavy atom. The molecule has 0 spiro atoms. The minimum atomic E-state index is -0.552. The molecule has 0 saturated heterocycles. The van der Waals surface area contributed by atoms with Gasteiger partial charge in [0.1, 0.15) is 5.82 Å². The Morgan fingerprint density at radius 2 is 1.84 bits per heavy atom. The molecule has 0 bridgehead atoms. The highest BCUT2D eigenvalue weighted by Crippen LogP contribution is 2.42. The summed E-state index contributed by atoms with van der Waals surface area (Å²) in [5.41, 5.74) is 3.95. The van der Waals surface area contributed by atoms with E-state index in [0.717, 1.165) is 11.0 Å². The molecule has 1 atom stereocenters. The van der Waals surface area contributed by atoms with Crippen LogP contribution in [0.2, 0.25) is 10.0 Å². The lowest BCUT2D eigenvalue weighted by atomic mass is 9.94. The first-order valence-corrected chi connectivity index (χ1v) is 10.6. The number of aromatic nitrogens is 2. The summed E-state index contributed by atoms with van der Waals surface area (Å²) >= 11 is 12.7. The summed E-state index contributed by atoms with van der Waals surface area (Å²) in [5.74, 6) is -0.0998. The number of benzene rings is 3. The number of nitrogens with zero attached hydrogens (tertiary/aromatic N) is 2. The fourth-order valence-corrected chi connectivity index (χ4v) is 4.52. The molecule has 0 saturated carbocycles. The molecule has 5 rings (SSSR count).